The van der Waals surface area contributed by atoms with E-state index in [1.165, 1.54) is 11.1 Å². The number of hydrogen-bond acceptors (Lipinski definition) is 3. The molecule has 3 rings (SSSR count). The minimum atomic E-state index is -0.610. The maximum atomic E-state index is 11.0. The summed E-state index contributed by atoms with van der Waals surface area (Å²) in [6.07, 6.45) is 5.18. The predicted molar refractivity (Wildman–Crippen MR) is 101 cm³/mol. The molecule has 7 heteroatoms. The van der Waals surface area contributed by atoms with Gasteiger partial charge in [0.15, 0.2) is 5.03 Å². The average molecular weight is 358 g/mol. The van der Waals surface area contributed by atoms with Gasteiger partial charge in [0.2, 0.25) is 0 Å². The summed E-state index contributed by atoms with van der Waals surface area (Å²) in [4.78, 5) is 14.9. The number of guanidine groups is 1. The third kappa shape index (κ3) is 4.22. The molecule has 0 N–H and O–H groups in total. The molecule has 0 aliphatic carbocycles. The molecular formula is C19H26N4O3. The van der Waals surface area contributed by atoms with Crippen molar-refractivity contribution in [2.75, 3.05) is 26.2 Å². The standard InChI is InChI=1S/C19H26N4O3/c1-14-5-4-6-15(2)18(14)7-8-21-9-10-22(19(21)20-23(24)25)12-17-11-16(3)26-13-17/h4-8,16-17H,9-13H2,1-3H3. The molecule has 2 saturated heterocycles. The lowest BCUT2D eigenvalue weighted by Crippen LogP contribution is -2.35. The van der Waals surface area contributed by atoms with Crippen molar-refractivity contribution in [2.45, 2.75) is 33.3 Å². The zero-order valence-electron chi connectivity index (χ0n) is 15.6. The Bertz CT molecular complexity index is 711. The van der Waals surface area contributed by atoms with Gasteiger partial charge in [-0.1, -0.05) is 18.2 Å². The first-order valence-corrected chi connectivity index (χ1v) is 9.04. The molecule has 2 aliphatic rings. The maximum Gasteiger partial charge on any atom is 0.278 e. The number of hydrogen-bond donors (Lipinski definition) is 0. The second-order valence-corrected chi connectivity index (χ2v) is 7.14. The van der Waals surface area contributed by atoms with Crippen LogP contribution in [-0.2, 0) is 4.74 Å². The van der Waals surface area contributed by atoms with Crippen LogP contribution in [0, 0.1) is 29.9 Å². The van der Waals surface area contributed by atoms with Crippen molar-refractivity contribution in [3.63, 3.8) is 0 Å². The fourth-order valence-electron chi connectivity index (χ4n) is 3.72. The number of nitrogens with zero attached hydrogens (tertiary/aromatic N) is 4. The van der Waals surface area contributed by atoms with E-state index in [-0.39, 0.29) is 6.10 Å². The molecule has 26 heavy (non-hydrogen) atoms. The summed E-state index contributed by atoms with van der Waals surface area (Å²) in [5, 5.41) is 14.1. The van der Waals surface area contributed by atoms with Crippen molar-refractivity contribution < 1.29 is 9.77 Å². The Balaban J connectivity index is 1.76. The van der Waals surface area contributed by atoms with Crippen LogP contribution in [0.5, 0.6) is 0 Å². The fraction of sp³-hybridized carbons (Fsp3) is 0.526. The van der Waals surface area contributed by atoms with Crippen LogP contribution in [0.25, 0.3) is 6.08 Å². The minimum absolute atomic E-state index is 0.263. The largest absolute Gasteiger partial charge is 0.378 e. The van der Waals surface area contributed by atoms with Gasteiger partial charge in [-0.15, -0.1) is 0 Å². The molecule has 0 radical (unpaired) electrons. The Kier molecular flexibility index (Phi) is 5.56. The van der Waals surface area contributed by atoms with Crippen molar-refractivity contribution in [1.29, 1.82) is 0 Å². The van der Waals surface area contributed by atoms with Gasteiger partial charge in [-0.25, -0.2) is 10.1 Å². The van der Waals surface area contributed by atoms with E-state index in [1.807, 2.05) is 28.1 Å². The molecule has 1 aromatic carbocycles. The van der Waals surface area contributed by atoms with Gasteiger partial charge >= 0.3 is 0 Å². The Morgan fingerprint density at radius 2 is 2.08 bits per heavy atom. The van der Waals surface area contributed by atoms with Gasteiger partial charge in [0.25, 0.3) is 5.96 Å². The van der Waals surface area contributed by atoms with E-state index >= 15 is 0 Å². The van der Waals surface area contributed by atoms with Gasteiger partial charge in [-0.2, -0.15) is 0 Å². The highest BCUT2D eigenvalue weighted by Crippen LogP contribution is 2.23. The Hall–Kier alpha value is -2.41. The molecule has 140 valence electrons. The lowest BCUT2D eigenvalue weighted by atomic mass is 10.0. The lowest BCUT2D eigenvalue weighted by Gasteiger charge is -2.21. The van der Waals surface area contributed by atoms with Gasteiger partial charge in [0, 0.05) is 31.8 Å². The van der Waals surface area contributed by atoms with E-state index in [0.717, 1.165) is 25.1 Å². The molecule has 2 heterocycles. The summed E-state index contributed by atoms with van der Waals surface area (Å²) < 4.78 is 5.62. The Labute approximate surface area is 154 Å². The van der Waals surface area contributed by atoms with Gasteiger partial charge < -0.3 is 14.5 Å². The summed E-state index contributed by atoms with van der Waals surface area (Å²) in [6, 6.07) is 6.16. The van der Waals surface area contributed by atoms with Crippen LogP contribution in [0.1, 0.15) is 30.0 Å². The third-order valence-corrected chi connectivity index (χ3v) is 5.05. The topological polar surface area (TPSA) is 71.2 Å². The summed E-state index contributed by atoms with van der Waals surface area (Å²) in [5.74, 6) is 0.807. The van der Waals surface area contributed by atoms with E-state index in [4.69, 9.17) is 4.74 Å². The molecule has 0 saturated carbocycles. The molecule has 2 aliphatic heterocycles. The predicted octanol–water partition coefficient (Wildman–Crippen LogP) is 2.86. The number of ether oxygens (including phenoxy) is 1. The summed E-state index contributed by atoms with van der Waals surface area (Å²) in [5.41, 5.74) is 3.51. The molecule has 0 bridgehead atoms. The van der Waals surface area contributed by atoms with Gasteiger partial charge in [0.1, 0.15) is 5.10 Å². The number of benzene rings is 1. The van der Waals surface area contributed by atoms with E-state index in [2.05, 4.69) is 38.0 Å². The van der Waals surface area contributed by atoms with Crippen LogP contribution >= 0.6 is 0 Å². The van der Waals surface area contributed by atoms with Crippen molar-refractivity contribution in [2.24, 2.45) is 11.0 Å². The van der Waals surface area contributed by atoms with Crippen molar-refractivity contribution in [3.8, 4) is 0 Å². The average Bonchev–Trinajstić information content (AvgIpc) is 3.14. The second kappa shape index (κ2) is 7.86. The summed E-state index contributed by atoms with van der Waals surface area (Å²) in [7, 11) is 0. The second-order valence-electron chi connectivity index (χ2n) is 7.14. The number of aryl methyl sites for hydroxylation is 2. The quantitative estimate of drug-likeness (QED) is 0.598. The first-order chi connectivity index (χ1) is 12.4. The molecule has 1 aromatic rings. The summed E-state index contributed by atoms with van der Waals surface area (Å²) in [6.45, 7) is 9.07. The van der Waals surface area contributed by atoms with Gasteiger partial charge in [-0.05, 0) is 50.0 Å². The SMILES string of the molecule is Cc1cccc(C)c1C=CN1CCN(CC2COC(C)C2)C1=N[N+](=O)[O-]. The van der Waals surface area contributed by atoms with E-state index in [9.17, 15) is 10.1 Å². The van der Waals surface area contributed by atoms with Crippen molar-refractivity contribution in [1.82, 2.24) is 9.80 Å². The Morgan fingerprint density at radius 3 is 2.69 bits per heavy atom. The number of nitro groups is 1. The Morgan fingerprint density at radius 1 is 1.35 bits per heavy atom. The zero-order chi connectivity index (χ0) is 18.7. The first-order valence-electron chi connectivity index (χ1n) is 9.04. The van der Waals surface area contributed by atoms with E-state index < -0.39 is 5.03 Å². The zero-order valence-corrected chi connectivity index (χ0v) is 15.6. The molecule has 2 fully saturated rings. The molecule has 0 amide bonds. The van der Waals surface area contributed by atoms with Crippen LogP contribution in [0.3, 0.4) is 0 Å². The van der Waals surface area contributed by atoms with Crippen molar-refractivity contribution >= 4 is 12.0 Å². The van der Waals surface area contributed by atoms with Gasteiger partial charge in [-0.3, -0.25) is 0 Å². The normalized spacial score (nSPS) is 25.0. The summed E-state index contributed by atoms with van der Waals surface area (Å²) >= 11 is 0. The molecule has 2 atom stereocenters. The molecular weight excluding hydrogens is 332 g/mol. The highest BCUT2D eigenvalue weighted by Gasteiger charge is 2.32. The van der Waals surface area contributed by atoms with Crippen LogP contribution < -0.4 is 0 Å². The highest BCUT2D eigenvalue weighted by atomic mass is 16.7. The van der Waals surface area contributed by atoms with Crippen LogP contribution in [0.15, 0.2) is 29.5 Å². The van der Waals surface area contributed by atoms with Crippen LogP contribution in [0.4, 0.5) is 0 Å². The number of hydrazone groups is 1. The molecule has 7 nitrogen and oxygen atoms in total. The smallest absolute Gasteiger partial charge is 0.278 e. The number of rotatable bonds is 5. The van der Waals surface area contributed by atoms with Crippen molar-refractivity contribution in [3.05, 3.63) is 51.2 Å². The molecule has 0 spiro atoms. The van der Waals surface area contributed by atoms with E-state index in [1.54, 1.807) is 0 Å². The third-order valence-electron chi connectivity index (χ3n) is 5.05. The van der Waals surface area contributed by atoms with Crippen LogP contribution in [-0.4, -0.2) is 53.1 Å². The molecule has 0 aromatic heterocycles. The van der Waals surface area contributed by atoms with E-state index in [0.29, 0.717) is 25.0 Å². The molecule has 2 unspecified atom stereocenters. The maximum absolute atomic E-state index is 11.0. The minimum Gasteiger partial charge on any atom is -0.378 e. The fourth-order valence-corrected chi connectivity index (χ4v) is 3.72. The monoisotopic (exact) mass is 358 g/mol. The van der Waals surface area contributed by atoms with Gasteiger partial charge in [0.05, 0.1) is 12.7 Å². The van der Waals surface area contributed by atoms with Crippen LogP contribution in [0.2, 0.25) is 0 Å². The lowest BCUT2D eigenvalue weighted by molar-refractivity contribution is -0.486. The highest BCUT2D eigenvalue weighted by molar-refractivity contribution is 5.83. The first kappa shape index (κ1) is 18.4.